The van der Waals surface area contributed by atoms with Crippen molar-refractivity contribution in [3.8, 4) is 0 Å². The predicted octanol–water partition coefficient (Wildman–Crippen LogP) is 0.868. The van der Waals surface area contributed by atoms with Crippen molar-refractivity contribution < 1.29 is 9.84 Å². The minimum Gasteiger partial charge on any atom is -0.389 e. The number of hydrogen-bond acceptors (Lipinski definition) is 3. The van der Waals surface area contributed by atoms with E-state index in [4.69, 9.17) is 4.74 Å². The molecule has 1 aliphatic rings. The minimum absolute atomic E-state index is 0.233. The monoisotopic (exact) mass is 187 g/mol. The van der Waals surface area contributed by atoms with Crippen molar-refractivity contribution in [2.45, 2.75) is 38.8 Å². The molecule has 1 saturated heterocycles. The molecule has 1 N–H and O–H groups in total. The Morgan fingerprint density at radius 3 is 2.62 bits per heavy atom. The first-order chi connectivity index (χ1) is 6.29. The van der Waals surface area contributed by atoms with Gasteiger partial charge in [-0.25, -0.2) is 0 Å². The van der Waals surface area contributed by atoms with Crippen LogP contribution in [0.25, 0.3) is 0 Å². The second kappa shape index (κ2) is 5.58. The van der Waals surface area contributed by atoms with Crippen LogP contribution in [-0.2, 0) is 4.74 Å². The quantitative estimate of drug-likeness (QED) is 0.693. The van der Waals surface area contributed by atoms with E-state index in [1.807, 2.05) is 0 Å². The zero-order valence-electron chi connectivity index (χ0n) is 8.70. The summed E-state index contributed by atoms with van der Waals surface area (Å²) >= 11 is 0. The molecule has 0 aromatic carbocycles. The zero-order chi connectivity index (χ0) is 9.68. The number of unbranched alkanes of at least 4 members (excludes halogenated alkanes) is 1. The van der Waals surface area contributed by atoms with Gasteiger partial charge < -0.3 is 9.84 Å². The zero-order valence-corrected chi connectivity index (χ0v) is 8.70. The van der Waals surface area contributed by atoms with E-state index < -0.39 is 0 Å². The molecule has 3 heteroatoms. The van der Waals surface area contributed by atoms with Gasteiger partial charge in [0.05, 0.1) is 25.4 Å². The van der Waals surface area contributed by atoms with E-state index in [0.717, 1.165) is 13.1 Å². The molecule has 1 aliphatic heterocycles. The molecule has 0 bridgehead atoms. The first kappa shape index (κ1) is 11.0. The molecule has 1 heterocycles. The lowest BCUT2D eigenvalue weighted by atomic mass is 10.1. The third-order valence-corrected chi connectivity index (χ3v) is 2.70. The average Bonchev–Trinajstić information content (AvgIpc) is 2.54. The smallest absolute Gasteiger partial charge is 0.0950 e. The Labute approximate surface area is 80.7 Å². The van der Waals surface area contributed by atoms with Crippen LogP contribution in [0.1, 0.15) is 26.7 Å². The summed E-state index contributed by atoms with van der Waals surface area (Å²) < 4.78 is 5.24. The molecule has 78 valence electrons. The molecule has 13 heavy (non-hydrogen) atoms. The van der Waals surface area contributed by atoms with Gasteiger partial charge in [0.2, 0.25) is 0 Å². The Morgan fingerprint density at radius 1 is 1.38 bits per heavy atom. The minimum atomic E-state index is -0.281. The summed E-state index contributed by atoms with van der Waals surface area (Å²) in [6.45, 7) is 7.62. The van der Waals surface area contributed by atoms with Crippen molar-refractivity contribution in [2.75, 3.05) is 26.3 Å². The maximum absolute atomic E-state index is 9.62. The van der Waals surface area contributed by atoms with Crippen LogP contribution in [0, 0.1) is 0 Å². The Hall–Kier alpha value is -0.120. The van der Waals surface area contributed by atoms with E-state index in [-0.39, 0.29) is 12.1 Å². The molecule has 0 aromatic heterocycles. The summed E-state index contributed by atoms with van der Waals surface area (Å²) in [5.74, 6) is 0. The van der Waals surface area contributed by atoms with Gasteiger partial charge in [0.15, 0.2) is 0 Å². The highest BCUT2D eigenvalue weighted by atomic mass is 16.5. The van der Waals surface area contributed by atoms with Gasteiger partial charge in [-0.3, -0.25) is 4.90 Å². The molecule has 3 nitrogen and oxygen atoms in total. The van der Waals surface area contributed by atoms with Gasteiger partial charge in [-0.1, -0.05) is 20.3 Å². The fourth-order valence-corrected chi connectivity index (χ4v) is 1.80. The van der Waals surface area contributed by atoms with E-state index >= 15 is 0 Å². The van der Waals surface area contributed by atoms with E-state index in [1.54, 1.807) is 0 Å². The molecule has 0 radical (unpaired) electrons. The van der Waals surface area contributed by atoms with Gasteiger partial charge in [0, 0.05) is 0 Å². The van der Waals surface area contributed by atoms with Crippen LogP contribution in [0.4, 0.5) is 0 Å². The Kier molecular flexibility index (Phi) is 4.70. The molecular weight excluding hydrogens is 166 g/mol. The topological polar surface area (TPSA) is 32.7 Å². The Balaban J connectivity index is 2.35. The highest BCUT2D eigenvalue weighted by Gasteiger charge is 2.30. The van der Waals surface area contributed by atoms with Crippen LogP contribution in [0.2, 0.25) is 0 Å². The fraction of sp³-hybridized carbons (Fsp3) is 1.00. The largest absolute Gasteiger partial charge is 0.389 e. The Morgan fingerprint density at radius 2 is 2.15 bits per heavy atom. The van der Waals surface area contributed by atoms with Crippen molar-refractivity contribution in [2.24, 2.45) is 0 Å². The number of ether oxygens (including phenoxy) is 1. The van der Waals surface area contributed by atoms with Gasteiger partial charge >= 0.3 is 0 Å². The van der Waals surface area contributed by atoms with Crippen molar-refractivity contribution in [1.82, 2.24) is 4.90 Å². The van der Waals surface area contributed by atoms with Crippen molar-refractivity contribution in [3.05, 3.63) is 0 Å². The predicted molar refractivity (Wildman–Crippen MR) is 52.8 cm³/mol. The lowest BCUT2D eigenvalue weighted by molar-refractivity contribution is 0.0841. The third-order valence-electron chi connectivity index (χ3n) is 2.70. The molecule has 1 fully saturated rings. The van der Waals surface area contributed by atoms with Crippen molar-refractivity contribution in [1.29, 1.82) is 0 Å². The molecule has 0 amide bonds. The summed E-state index contributed by atoms with van der Waals surface area (Å²) in [7, 11) is 0. The number of rotatable bonds is 5. The number of nitrogens with zero attached hydrogens (tertiary/aromatic N) is 1. The standard InChI is InChI=1S/C10H21NO2/c1-3-5-6-11(4-2)9-7-13-8-10(9)12/h9-10,12H,3-8H2,1-2H3/t9-,10-/m1/s1. The lowest BCUT2D eigenvalue weighted by Gasteiger charge is -2.28. The van der Waals surface area contributed by atoms with Crippen LogP contribution in [0.15, 0.2) is 0 Å². The summed E-state index contributed by atoms with van der Waals surface area (Å²) in [5, 5.41) is 9.62. The summed E-state index contributed by atoms with van der Waals surface area (Å²) in [6.07, 6.45) is 2.13. The number of aliphatic hydroxyl groups excluding tert-OH is 1. The molecule has 2 atom stereocenters. The number of hydrogen-bond donors (Lipinski definition) is 1. The summed E-state index contributed by atoms with van der Waals surface area (Å²) in [5.41, 5.74) is 0. The van der Waals surface area contributed by atoms with E-state index in [9.17, 15) is 5.11 Å². The van der Waals surface area contributed by atoms with E-state index in [0.29, 0.717) is 13.2 Å². The van der Waals surface area contributed by atoms with Crippen LogP contribution >= 0.6 is 0 Å². The second-order valence-electron chi connectivity index (χ2n) is 3.65. The molecule has 0 unspecified atom stereocenters. The molecule has 0 aliphatic carbocycles. The van der Waals surface area contributed by atoms with Crippen LogP contribution in [-0.4, -0.2) is 48.5 Å². The van der Waals surface area contributed by atoms with Gasteiger partial charge in [-0.15, -0.1) is 0 Å². The van der Waals surface area contributed by atoms with Gasteiger partial charge in [0.1, 0.15) is 0 Å². The van der Waals surface area contributed by atoms with Crippen LogP contribution in [0.3, 0.4) is 0 Å². The number of aliphatic hydroxyl groups is 1. The van der Waals surface area contributed by atoms with E-state index in [1.165, 1.54) is 12.8 Å². The average molecular weight is 187 g/mol. The van der Waals surface area contributed by atoms with Gasteiger partial charge in [-0.05, 0) is 19.5 Å². The van der Waals surface area contributed by atoms with Crippen molar-refractivity contribution in [3.63, 3.8) is 0 Å². The molecule has 0 aromatic rings. The lowest BCUT2D eigenvalue weighted by Crippen LogP contribution is -2.43. The molecular formula is C10H21NO2. The summed E-state index contributed by atoms with van der Waals surface area (Å²) in [6, 6.07) is 0.233. The molecule has 0 spiro atoms. The normalized spacial score (nSPS) is 28.6. The highest BCUT2D eigenvalue weighted by molar-refractivity contribution is 4.82. The first-order valence-electron chi connectivity index (χ1n) is 5.29. The summed E-state index contributed by atoms with van der Waals surface area (Å²) in [4.78, 5) is 2.32. The Bertz CT molecular complexity index is 141. The maximum atomic E-state index is 9.62. The fourth-order valence-electron chi connectivity index (χ4n) is 1.80. The van der Waals surface area contributed by atoms with Crippen molar-refractivity contribution >= 4 is 0 Å². The van der Waals surface area contributed by atoms with Gasteiger partial charge in [-0.2, -0.15) is 0 Å². The van der Waals surface area contributed by atoms with Gasteiger partial charge in [0.25, 0.3) is 0 Å². The maximum Gasteiger partial charge on any atom is 0.0950 e. The van der Waals surface area contributed by atoms with Crippen LogP contribution < -0.4 is 0 Å². The third kappa shape index (κ3) is 2.93. The van der Waals surface area contributed by atoms with E-state index in [2.05, 4.69) is 18.7 Å². The first-order valence-corrected chi connectivity index (χ1v) is 5.29. The highest BCUT2D eigenvalue weighted by Crippen LogP contribution is 2.13. The number of likely N-dealkylation sites (N-methyl/N-ethyl adjacent to an activating group) is 1. The molecule has 1 rings (SSSR count). The second-order valence-corrected chi connectivity index (χ2v) is 3.65. The SMILES string of the molecule is CCCCN(CC)[C@@H]1COC[C@H]1O. The van der Waals surface area contributed by atoms with Crippen LogP contribution in [0.5, 0.6) is 0 Å². The molecule has 0 saturated carbocycles.